The molecule has 0 amide bonds. The molecule has 7 nitrogen and oxygen atoms in total. The average molecular weight is 546 g/mol. The number of carbonyl (C=O) groups is 1. The fourth-order valence-electron chi connectivity index (χ4n) is 2.78. The number of methoxy groups -OCH3 is 1. The molecule has 1 aromatic carbocycles. The molecule has 2 rings (SSSR count). The number of guanidine groups is 1. The van der Waals surface area contributed by atoms with Crippen LogP contribution in [-0.4, -0.2) is 44.2 Å². The highest BCUT2D eigenvalue weighted by molar-refractivity contribution is 14.0. The third-order valence-corrected chi connectivity index (χ3v) is 5.61. The molecule has 1 aromatic heterocycles. The lowest BCUT2D eigenvalue weighted by atomic mass is 10.1. The molecular weight excluding hydrogens is 515 g/mol. The Morgan fingerprint density at radius 1 is 1.37 bits per heavy atom. The van der Waals surface area contributed by atoms with Crippen LogP contribution in [0.1, 0.15) is 52.2 Å². The Morgan fingerprint density at radius 2 is 2.13 bits per heavy atom. The van der Waals surface area contributed by atoms with Crippen LogP contribution in [0.3, 0.4) is 0 Å². The van der Waals surface area contributed by atoms with E-state index in [1.807, 2.05) is 26.0 Å². The zero-order valence-electron chi connectivity index (χ0n) is 18.2. The minimum Gasteiger partial charge on any atom is -0.497 e. The third kappa shape index (κ3) is 7.75. The molecule has 1 heterocycles. The number of aromatic nitrogens is 1. The molecule has 0 spiro atoms. The van der Waals surface area contributed by atoms with Gasteiger partial charge in [-0.05, 0) is 51.3 Å². The molecule has 0 saturated heterocycles. The summed E-state index contributed by atoms with van der Waals surface area (Å²) in [6, 6.07) is 8.03. The number of aliphatic imine (C=N–C) groups is 1. The van der Waals surface area contributed by atoms with Crippen molar-refractivity contribution in [3.05, 3.63) is 45.4 Å². The zero-order valence-corrected chi connectivity index (χ0v) is 21.3. The summed E-state index contributed by atoms with van der Waals surface area (Å²) in [5.74, 6) is 1.26. The van der Waals surface area contributed by atoms with E-state index in [0.717, 1.165) is 30.1 Å². The molecule has 2 aromatic rings. The maximum atomic E-state index is 12.0. The molecule has 0 bridgehead atoms. The van der Waals surface area contributed by atoms with Crippen LogP contribution in [0.4, 0.5) is 0 Å². The number of halogens is 1. The normalized spacial score (nSPS) is 12.0. The van der Waals surface area contributed by atoms with E-state index in [-0.39, 0.29) is 36.0 Å². The Kier molecular flexibility index (Phi) is 11.7. The molecule has 0 aliphatic heterocycles. The molecule has 9 heteroatoms. The number of esters is 1. The van der Waals surface area contributed by atoms with Gasteiger partial charge in [-0.15, -0.1) is 35.3 Å². The van der Waals surface area contributed by atoms with Gasteiger partial charge in [0, 0.05) is 13.6 Å². The monoisotopic (exact) mass is 546 g/mol. The summed E-state index contributed by atoms with van der Waals surface area (Å²) < 4.78 is 10.4. The van der Waals surface area contributed by atoms with E-state index in [4.69, 9.17) is 9.47 Å². The summed E-state index contributed by atoms with van der Waals surface area (Å²) in [4.78, 5) is 21.3. The molecule has 2 N–H and O–H groups in total. The van der Waals surface area contributed by atoms with E-state index in [0.29, 0.717) is 23.1 Å². The quantitative estimate of drug-likeness (QED) is 0.162. The van der Waals surface area contributed by atoms with Crippen LogP contribution in [-0.2, 0) is 11.2 Å². The van der Waals surface area contributed by atoms with Crippen molar-refractivity contribution >= 4 is 47.2 Å². The van der Waals surface area contributed by atoms with E-state index in [1.165, 1.54) is 16.9 Å². The van der Waals surface area contributed by atoms with Gasteiger partial charge in [0.15, 0.2) is 5.96 Å². The Balaban J connectivity index is 0.00000450. The van der Waals surface area contributed by atoms with Gasteiger partial charge in [0.2, 0.25) is 0 Å². The first-order valence-corrected chi connectivity index (χ1v) is 10.5. The first kappa shape index (κ1) is 26.2. The molecule has 0 aliphatic carbocycles. The van der Waals surface area contributed by atoms with Gasteiger partial charge in [0.05, 0.1) is 25.5 Å². The zero-order chi connectivity index (χ0) is 21.2. The van der Waals surface area contributed by atoms with Gasteiger partial charge >= 0.3 is 5.97 Å². The maximum absolute atomic E-state index is 12.0. The van der Waals surface area contributed by atoms with Gasteiger partial charge in [0.25, 0.3) is 0 Å². The molecule has 0 fully saturated rings. The fraction of sp³-hybridized carbons (Fsp3) is 0.476. The van der Waals surface area contributed by atoms with E-state index >= 15 is 0 Å². The molecular formula is C21H31IN4O3S. The van der Waals surface area contributed by atoms with Crippen LogP contribution in [0.5, 0.6) is 5.75 Å². The van der Waals surface area contributed by atoms with Crippen LogP contribution in [0.2, 0.25) is 0 Å². The van der Waals surface area contributed by atoms with Gasteiger partial charge in [-0.1, -0.05) is 12.1 Å². The molecule has 0 saturated carbocycles. The maximum Gasteiger partial charge on any atom is 0.350 e. The van der Waals surface area contributed by atoms with Crippen molar-refractivity contribution in [2.24, 2.45) is 4.99 Å². The topological polar surface area (TPSA) is 84.8 Å². The number of rotatable bonds is 9. The van der Waals surface area contributed by atoms with Crippen molar-refractivity contribution in [1.82, 2.24) is 15.6 Å². The number of benzene rings is 1. The number of hydrogen-bond acceptors (Lipinski definition) is 6. The lowest BCUT2D eigenvalue weighted by Crippen LogP contribution is -2.39. The minimum atomic E-state index is -0.319. The second kappa shape index (κ2) is 13.4. The van der Waals surface area contributed by atoms with Gasteiger partial charge in [-0.25, -0.2) is 9.78 Å². The second-order valence-corrected chi connectivity index (χ2v) is 7.54. The lowest BCUT2D eigenvalue weighted by molar-refractivity contribution is 0.0531. The van der Waals surface area contributed by atoms with Crippen molar-refractivity contribution in [1.29, 1.82) is 0 Å². The van der Waals surface area contributed by atoms with E-state index < -0.39 is 0 Å². The lowest BCUT2D eigenvalue weighted by Gasteiger charge is -2.16. The summed E-state index contributed by atoms with van der Waals surface area (Å²) in [5.41, 5.74) is 1.94. The first-order chi connectivity index (χ1) is 14.0. The van der Waals surface area contributed by atoms with Crippen LogP contribution in [0, 0.1) is 6.92 Å². The van der Waals surface area contributed by atoms with Gasteiger partial charge in [0.1, 0.15) is 15.6 Å². The Hall–Kier alpha value is -1.88. The van der Waals surface area contributed by atoms with E-state index in [2.05, 4.69) is 32.7 Å². The summed E-state index contributed by atoms with van der Waals surface area (Å²) in [7, 11) is 3.42. The SMILES string of the molecule is CCOC(=O)c1sc(C(C)NC(=NC)NCCCc2cccc(OC)c2)nc1C.I. The number of hydrogen-bond donors (Lipinski definition) is 2. The Bertz CT molecular complexity index is 841. The largest absolute Gasteiger partial charge is 0.497 e. The molecule has 0 aliphatic rings. The highest BCUT2D eigenvalue weighted by atomic mass is 127. The molecule has 30 heavy (non-hydrogen) atoms. The van der Waals surface area contributed by atoms with Crippen molar-refractivity contribution < 1.29 is 14.3 Å². The van der Waals surface area contributed by atoms with Gasteiger partial charge in [-0.3, -0.25) is 4.99 Å². The van der Waals surface area contributed by atoms with Gasteiger partial charge < -0.3 is 20.1 Å². The second-order valence-electron chi connectivity index (χ2n) is 6.51. The van der Waals surface area contributed by atoms with Crippen molar-refractivity contribution in [3.63, 3.8) is 0 Å². The van der Waals surface area contributed by atoms with Crippen molar-refractivity contribution in [2.45, 2.75) is 39.7 Å². The standard InChI is InChI=1S/C21H30N4O3S.HI/c1-6-28-20(26)18-14(2)24-19(29-18)15(3)25-21(22-4)23-12-8-10-16-9-7-11-17(13-16)27-5;/h7,9,11,13,15H,6,8,10,12H2,1-5H3,(H2,22,23,25);1H. The molecule has 1 atom stereocenters. The van der Waals surface area contributed by atoms with Crippen LogP contribution >= 0.6 is 35.3 Å². The number of carbonyl (C=O) groups excluding carboxylic acids is 1. The molecule has 0 radical (unpaired) electrons. The highest BCUT2D eigenvalue weighted by Gasteiger charge is 2.20. The molecule has 1 unspecified atom stereocenters. The third-order valence-electron chi connectivity index (χ3n) is 4.29. The van der Waals surface area contributed by atoms with Crippen molar-refractivity contribution in [2.75, 3.05) is 27.3 Å². The summed E-state index contributed by atoms with van der Waals surface area (Å²) in [5, 5.41) is 7.48. The van der Waals surface area contributed by atoms with E-state index in [9.17, 15) is 4.79 Å². The minimum absolute atomic E-state index is 0. The van der Waals surface area contributed by atoms with Crippen molar-refractivity contribution in [3.8, 4) is 5.75 Å². The number of nitrogens with zero attached hydrogens (tertiary/aromatic N) is 2. The number of ether oxygens (including phenoxy) is 2. The number of aryl methyl sites for hydroxylation is 2. The summed E-state index contributed by atoms with van der Waals surface area (Å²) in [6.07, 6.45) is 1.91. The predicted octanol–water partition coefficient (Wildman–Crippen LogP) is 4.11. The Morgan fingerprint density at radius 3 is 2.80 bits per heavy atom. The smallest absolute Gasteiger partial charge is 0.350 e. The number of nitrogens with one attached hydrogen (secondary N) is 2. The van der Waals surface area contributed by atoms with Crippen LogP contribution < -0.4 is 15.4 Å². The predicted molar refractivity (Wildman–Crippen MR) is 132 cm³/mol. The van der Waals surface area contributed by atoms with Gasteiger partial charge in [-0.2, -0.15) is 0 Å². The first-order valence-electron chi connectivity index (χ1n) is 9.73. The Labute approximate surface area is 199 Å². The van der Waals surface area contributed by atoms with Crippen LogP contribution in [0.25, 0.3) is 0 Å². The van der Waals surface area contributed by atoms with Crippen LogP contribution in [0.15, 0.2) is 29.3 Å². The summed E-state index contributed by atoms with van der Waals surface area (Å²) in [6.45, 7) is 6.75. The summed E-state index contributed by atoms with van der Waals surface area (Å²) >= 11 is 1.35. The van der Waals surface area contributed by atoms with E-state index in [1.54, 1.807) is 21.1 Å². The highest BCUT2D eigenvalue weighted by Crippen LogP contribution is 2.24. The molecule has 166 valence electrons. The number of thiazole rings is 1. The average Bonchev–Trinajstić information content (AvgIpc) is 3.12. The fourth-order valence-corrected chi connectivity index (χ4v) is 3.74.